The van der Waals surface area contributed by atoms with E-state index in [2.05, 4.69) is 324 Å². The van der Waals surface area contributed by atoms with Crippen molar-refractivity contribution in [2.75, 3.05) is 16.8 Å². The molecule has 0 unspecified atom stereocenters. The third kappa shape index (κ3) is 10.8. The van der Waals surface area contributed by atoms with Crippen LogP contribution in [-0.4, -0.2) is 35.7 Å². The molecular formula is C115H71F5N8. The molecule has 0 spiro atoms. The summed E-state index contributed by atoms with van der Waals surface area (Å²) in [6, 6.07) is 126. The van der Waals surface area contributed by atoms with Gasteiger partial charge in [-0.2, -0.15) is 0 Å². The molecule has 1 aliphatic rings. The van der Waals surface area contributed by atoms with Crippen molar-refractivity contribution in [1.29, 1.82) is 0 Å². The van der Waals surface area contributed by atoms with Gasteiger partial charge in [0.2, 0.25) is 5.82 Å². The van der Waals surface area contributed by atoms with Crippen molar-refractivity contribution in [2.45, 2.75) is 19.3 Å². The van der Waals surface area contributed by atoms with E-state index >= 15 is 8.78 Å². The predicted molar refractivity (Wildman–Crippen MR) is 519 cm³/mol. The Kier molecular flexibility index (Phi) is 16.4. The number of nitrogens with zero attached hydrogens (tertiary/aromatic N) is 8. The summed E-state index contributed by atoms with van der Waals surface area (Å²) < 4.78 is 78.8. The van der Waals surface area contributed by atoms with Crippen molar-refractivity contribution >= 4 is 191 Å². The van der Waals surface area contributed by atoms with E-state index in [0.717, 1.165) is 92.8 Å². The SMILES string of the molecule is CC1(C)c2ccccc2-c2ccc(-n3c4cccnc4c4c5ccc6ccc(N(c7ccccc7)c7ccccc7)c7ccc(cc43)c5c67)cc21.CN(c1ccccc1)c1ccc2ccc3c4c(ccc1c24)cc1c3c2ncccc2n1-c1ccccc1.Fc1c(F)c(F)c(-n2c3cccnc3c3c4ccc5ccc(-c6ccccc6)c6ccc(cc32)c4c56)c(F)c1F. The summed E-state index contributed by atoms with van der Waals surface area (Å²) in [6.45, 7) is 4.70. The van der Waals surface area contributed by atoms with Crippen LogP contribution in [0.2, 0.25) is 0 Å². The Morgan fingerprint density at radius 1 is 0.258 bits per heavy atom. The molecule has 0 radical (unpaired) electrons. The standard InChI is InChI=1S/C48H33N3.C34H23N3.C33H15F5N2/c1-48(2)39-17-10-9-16-35(39)36-25-22-34(29-40(36)48)51-42-18-11-27-49-47(42)46-38-24-19-30-21-26-41(37-23-20-31(28-43(46)51)45(38)44(30)37)50(32-12-5-3-6-13-32)33-14-7-4-8-15-33;1-36(24-9-4-2-5-10-24)28-19-16-22-14-18-27-32-23(15-17-26(28)31(22)32)21-30-33(27)34-29(13-8-20-35-34)37(30)25-11-6-3-7-12-25;34-27-28(35)30(37)33(31(38)29(27)36)40-22-7-4-14-39-32(22)26-21-13-9-17-8-11-19(16-5-2-1-3-6-16)20-12-10-18(15-23(26)40)25(21)24(17)20/h3-29H,1-2H3;2-21H,1H3;1-15H. The molecule has 0 N–H and O–H groups in total. The maximum atomic E-state index is 15.2. The Balaban J connectivity index is 0.000000106. The van der Waals surface area contributed by atoms with Crippen LogP contribution in [0.25, 0.3) is 202 Å². The number of fused-ring (bicyclic) bond motifs is 15. The van der Waals surface area contributed by atoms with Crippen LogP contribution in [0.1, 0.15) is 25.0 Å². The van der Waals surface area contributed by atoms with E-state index in [-0.39, 0.29) is 16.4 Å². The number of anilines is 5. The molecule has 0 fully saturated rings. The summed E-state index contributed by atoms with van der Waals surface area (Å²) >= 11 is 0. The second kappa shape index (κ2) is 28.3. The van der Waals surface area contributed by atoms with Gasteiger partial charge in [-0.15, -0.1) is 0 Å². The zero-order valence-electron chi connectivity index (χ0n) is 69.3. The molecule has 1 aliphatic carbocycles. The smallest absolute Gasteiger partial charge is 0.200 e. The number of rotatable bonds is 9. The molecule has 26 aromatic rings. The van der Waals surface area contributed by atoms with E-state index in [1.54, 1.807) is 18.2 Å². The Labute approximate surface area is 729 Å². The molecule has 8 nitrogen and oxygen atoms in total. The van der Waals surface area contributed by atoms with Crippen LogP contribution in [-0.2, 0) is 5.41 Å². The Bertz CT molecular complexity index is 9000. The third-order valence-electron chi connectivity index (χ3n) is 26.9. The lowest BCUT2D eigenvalue weighted by atomic mass is 9.82. The van der Waals surface area contributed by atoms with E-state index in [0.29, 0.717) is 10.9 Å². The number of aromatic nitrogens is 6. The number of pyridine rings is 3. The molecule has 0 saturated carbocycles. The zero-order valence-corrected chi connectivity index (χ0v) is 69.3. The first-order valence-electron chi connectivity index (χ1n) is 42.9. The van der Waals surface area contributed by atoms with Crippen LogP contribution in [0.5, 0.6) is 0 Å². The van der Waals surface area contributed by atoms with Gasteiger partial charge in [-0.05, 0) is 247 Å². The fraction of sp³-hybridized carbons (Fsp3) is 0.0348. The first-order chi connectivity index (χ1) is 62.8. The summed E-state index contributed by atoms with van der Waals surface area (Å²) in [5.41, 5.74) is 22.1. The highest BCUT2D eigenvalue weighted by molar-refractivity contribution is 6.37. The van der Waals surface area contributed by atoms with Crippen molar-refractivity contribution in [3.05, 3.63) is 417 Å². The van der Waals surface area contributed by atoms with Crippen LogP contribution >= 0.6 is 0 Å². The highest BCUT2D eigenvalue weighted by Gasteiger charge is 2.37. The molecule has 128 heavy (non-hydrogen) atoms. The molecule has 20 aromatic carbocycles. The van der Waals surface area contributed by atoms with Gasteiger partial charge >= 0.3 is 0 Å². The molecule has 13 heteroatoms. The molecule has 6 heterocycles. The number of hydrogen-bond acceptors (Lipinski definition) is 5. The summed E-state index contributed by atoms with van der Waals surface area (Å²) in [7, 11) is 2.15. The van der Waals surface area contributed by atoms with E-state index in [4.69, 9.17) is 9.97 Å². The lowest BCUT2D eigenvalue weighted by Crippen LogP contribution is -2.15. The second-order valence-corrected chi connectivity index (χ2v) is 33.9. The van der Waals surface area contributed by atoms with E-state index in [9.17, 15) is 13.2 Å². The average molecular weight is 1660 g/mol. The van der Waals surface area contributed by atoms with Gasteiger partial charge < -0.3 is 23.5 Å². The lowest BCUT2D eigenvalue weighted by molar-refractivity contribution is 0.376. The zero-order chi connectivity index (χ0) is 85.6. The minimum absolute atomic E-state index is 0.0826. The van der Waals surface area contributed by atoms with Gasteiger partial charge in [0.1, 0.15) is 5.69 Å². The van der Waals surface area contributed by atoms with Crippen molar-refractivity contribution in [1.82, 2.24) is 28.7 Å². The fourth-order valence-corrected chi connectivity index (χ4v) is 21.3. The molecule has 0 bridgehead atoms. The quantitative estimate of drug-likeness (QED) is 0.0624. The van der Waals surface area contributed by atoms with Crippen LogP contribution in [0, 0.1) is 29.1 Å². The van der Waals surface area contributed by atoms with Crippen LogP contribution in [0.4, 0.5) is 50.4 Å². The number of halogens is 5. The molecule has 27 rings (SSSR count). The third-order valence-corrected chi connectivity index (χ3v) is 26.9. The lowest BCUT2D eigenvalue weighted by Gasteiger charge is -2.27. The maximum absolute atomic E-state index is 15.2. The summed E-state index contributed by atoms with van der Waals surface area (Å²) in [4.78, 5) is 19.1. The molecule has 0 aliphatic heterocycles. The molecular weight excluding hydrogens is 1590 g/mol. The fourth-order valence-electron chi connectivity index (χ4n) is 21.3. The summed E-state index contributed by atoms with van der Waals surface area (Å²) in [6.07, 6.45) is 5.38. The first-order valence-corrected chi connectivity index (χ1v) is 42.9. The Morgan fingerprint density at radius 2 is 0.625 bits per heavy atom. The van der Waals surface area contributed by atoms with Crippen molar-refractivity contribution < 1.29 is 22.0 Å². The normalized spacial score (nSPS) is 12.6. The Morgan fingerprint density at radius 3 is 1.15 bits per heavy atom. The maximum Gasteiger partial charge on any atom is 0.200 e. The molecule has 0 atom stereocenters. The summed E-state index contributed by atoms with van der Waals surface area (Å²) in [5, 5.41) is 23.7. The van der Waals surface area contributed by atoms with Crippen LogP contribution in [0.3, 0.4) is 0 Å². The van der Waals surface area contributed by atoms with Gasteiger partial charge in [0.15, 0.2) is 23.3 Å². The van der Waals surface area contributed by atoms with E-state index in [1.165, 1.54) is 132 Å². The average Bonchev–Trinajstić information content (AvgIpc) is 1.54. The second-order valence-electron chi connectivity index (χ2n) is 33.9. The predicted octanol–water partition coefficient (Wildman–Crippen LogP) is 31.1. The van der Waals surface area contributed by atoms with Gasteiger partial charge in [-0.3, -0.25) is 15.0 Å². The van der Waals surface area contributed by atoms with Gasteiger partial charge in [0.25, 0.3) is 0 Å². The summed E-state index contributed by atoms with van der Waals surface area (Å²) in [5.74, 6) is -10.0. The van der Waals surface area contributed by atoms with Crippen molar-refractivity contribution in [2.24, 2.45) is 0 Å². The highest BCUT2D eigenvalue weighted by Crippen LogP contribution is 2.54. The molecule has 0 amide bonds. The molecule has 606 valence electrons. The van der Waals surface area contributed by atoms with Gasteiger partial charge in [-0.1, -0.05) is 244 Å². The van der Waals surface area contributed by atoms with Gasteiger partial charge in [0.05, 0.1) is 55.3 Å². The first kappa shape index (κ1) is 74.3. The van der Waals surface area contributed by atoms with E-state index in [1.807, 2.05) is 73.1 Å². The van der Waals surface area contributed by atoms with Crippen LogP contribution < -0.4 is 9.80 Å². The van der Waals surface area contributed by atoms with Crippen LogP contribution in [0.15, 0.2) is 377 Å². The number of hydrogen-bond donors (Lipinski definition) is 0. The molecule has 0 saturated heterocycles. The minimum atomic E-state index is -2.20. The topological polar surface area (TPSA) is 59.9 Å². The largest absolute Gasteiger partial charge is 0.344 e. The van der Waals surface area contributed by atoms with Gasteiger partial charge in [-0.25, -0.2) is 22.0 Å². The highest BCUT2D eigenvalue weighted by atomic mass is 19.2. The van der Waals surface area contributed by atoms with Crippen molar-refractivity contribution in [3.8, 4) is 39.3 Å². The molecule has 6 aromatic heterocycles. The minimum Gasteiger partial charge on any atom is -0.344 e. The van der Waals surface area contributed by atoms with Gasteiger partial charge in [0, 0.05) is 92.1 Å². The number of para-hydroxylation sites is 4. The van der Waals surface area contributed by atoms with E-state index < -0.39 is 34.8 Å². The monoisotopic (exact) mass is 1660 g/mol. The Hall–Kier alpha value is -16.4. The van der Waals surface area contributed by atoms with Crippen molar-refractivity contribution in [3.63, 3.8) is 0 Å². The number of benzene rings is 20.